The third-order valence-electron chi connectivity index (χ3n) is 3.20. The van der Waals surface area contributed by atoms with Crippen molar-refractivity contribution in [3.8, 4) is 0 Å². The Hall–Kier alpha value is -1.29. The van der Waals surface area contributed by atoms with E-state index in [9.17, 15) is 0 Å². The molecular formula is C15H20BrN3. The van der Waals surface area contributed by atoms with Crippen molar-refractivity contribution in [3.63, 3.8) is 0 Å². The highest BCUT2D eigenvalue weighted by molar-refractivity contribution is 9.10. The standard InChI is InChI=1S/C15H20BrN3/c1-2-3-4-5-8-18-14-7-6-13(17)12-9-11(16)10-19-15(12)14/h6-7,9-10,18H,2-5,8,17H2,1H3. The van der Waals surface area contributed by atoms with Gasteiger partial charge in [0.05, 0.1) is 11.2 Å². The molecule has 4 heteroatoms. The summed E-state index contributed by atoms with van der Waals surface area (Å²) in [6.45, 7) is 3.21. The number of halogens is 1. The van der Waals surface area contributed by atoms with Crippen molar-refractivity contribution in [1.29, 1.82) is 0 Å². The third kappa shape index (κ3) is 3.60. The maximum absolute atomic E-state index is 6.00. The Morgan fingerprint density at radius 1 is 1.26 bits per heavy atom. The summed E-state index contributed by atoms with van der Waals surface area (Å²) < 4.78 is 0.951. The monoisotopic (exact) mass is 321 g/mol. The number of hydrogen-bond acceptors (Lipinski definition) is 3. The van der Waals surface area contributed by atoms with Crippen molar-refractivity contribution in [2.45, 2.75) is 32.6 Å². The lowest BCUT2D eigenvalue weighted by Crippen LogP contribution is -2.03. The van der Waals surface area contributed by atoms with Crippen molar-refractivity contribution >= 4 is 38.2 Å². The highest BCUT2D eigenvalue weighted by Gasteiger charge is 2.05. The fraction of sp³-hybridized carbons (Fsp3) is 0.400. The molecule has 102 valence electrons. The Morgan fingerprint density at radius 3 is 2.89 bits per heavy atom. The summed E-state index contributed by atoms with van der Waals surface area (Å²) in [6, 6.07) is 5.96. The molecule has 0 fully saturated rings. The maximum Gasteiger partial charge on any atom is 0.0954 e. The van der Waals surface area contributed by atoms with E-state index in [1.165, 1.54) is 25.7 Å². The van der Waals surface area contributed by atoms with E-state index in [1.807, 2.05) is 24.4 Å². The van der Waals surface area contributed by atoms with Gasteiger partial charge >= 0.3 is 0 Å². The number of fused-ring (bicyclic) bond motifs is 1. The van der Waals surface area contributed by atoms with Crippen LogP contribution < -0.4 is 11.1 Å². The zero-order chi connectivity index (χ0) is 13.7. The largest absolute Gasteiger partial charge is 0.398 e. The fourth-order valence-electron chi connectivity index (χ4n) is 2.13. The number of nitrogens with zero attached hydrogens (tertiary/aromatic N) is 1. The number of benzene rings is 1. The zero-order valence-electron chi connectivity index (χ0n) is 11.2. The Bertz CT molecular complexity index is 554. The number of anilines is 2. The van der Waals surface area contributed by atoms with Gasteiger partial charge in [-0.1, -0.05) is 26.2 Å². The highest BCUT2D eigenvalue weighted by Crippen LogP contribution is 2.28. The second-order valence-electron chi connectivity index (χ2n) is 4.74. The second-order valence-corrected chi connectivity index (χ2v) is 5.66. The molecule has 19 heavy (non-hydrogen) atoms. The average molecular weight is 322 g/mol. The number of nitrogens with two attached hydrogens (primary N) is 1. The summed E-state index contributed by atoms with van der Waals surface area (Å²) in [5.74, 6) is 0. The normalized spacial score (nSPS) is 10.8. The number of unbranched alkanes of at least 4 members (excludes halogenated alkanes) is 3. The second kappa shape index (κ2) is 6.75. The smallest absolute Gasteiger partial charge is 0.0954 e. The molecule has 0 amide bonds. The molecule has 0 aliphatic heterocycles. The predicted molar refractivity (Wildman–Crippen MR) is 86.5 cm³/mol. The summed E-state index contributed by atoms with van der Waals surface area (Å²) in [5.41, 5.74) is 8.77. The van der Waals surface area contributed by atoms with E-state index >= 15 is 0 Å². The van der Waals surface area contributed by atoms with Crippen LogP contribution in [0.2, 0.25) is 0 Å². The van der Waals surface area contributed by atoms with E-state index in [0.29, 0.717) is 0 Å². The Kier molecular flexibility index (Phi) is 5.02. The SMILES string of the molecule is CCCCCCNc1ccc(N)c2cc(Br)cnc12. The molecule has 0 saturated heterocycles. The van der Waals surface area contributed by atoms with Gasteiger partial charge in [0, 0.05) is 28.3 Å². The van der Waals surface area contributed by atoms with E-state index in [4.69, 9.17) is 5.73 Å². The first-order valence-corrected chi connectivity index (χ1v) is 7.59. The quantitative estimate of drug-likeness (QED) is 0.605. The van der Waals surface area contributed by atoms with Crippen LogP contribution in [0.15, 0.2) is 28.9 Å². The minimum Gasteiger partial charge on any atom is -0.398 e. The zero-order valence-corrected chi connectivity index (χ0v) is 12.8. The number of nitrogen functional groups attached to an aromatic ring is 1. The summed E-state index contributed by atoms with van der Waals surface area (Å²) in [7, 11) is 0. The van der Waals surface area contributed by atoms with Gasteiger partial charge in [0.2, 0.25) is 0 Å². The molecule has 3 nitrogen and oxygen atoms in total. The van der Waals surface area contributed by atoms with Gasteiger partial charge in [-0.05, 0) is 40.5 Å². The number of pyridine rings is 1. The van der Waals surface area contributed by atoms with Crippen molar-refractivity contribution < 1.29 is 0 Å². The maximum atomic E-state index is 6.00. The Morgan fingerprint density at radius 2 is 2.11 bits per heavy atom. The predicted octanol–water partition coefficient (Wildman–Crippen LogP) is 4.57. The molecule has 0 bridgehead atoms. The van der Waals surface area contributed by atoms with Crippen molar-refractivity contribution in [2.24, 2.45) is 0 Å². The first-order valence-electron chi connectivity index (χ1n) is 6.80. The minimum absolute atomic E-state index is 0.764. The van der Waals surface area contributed by atoms with Crippen LogP contribution in [-0.2, 0) is 0 Å². The molecule has 3 N–H and O–H groups in total. The lowest BCUT2D eigenvalue weighted by Gasteiger charge is -2.10. The summed E-state index contributed by atoms with van der Waals surface area (Å²) in [5, 5.41) is 4.45. The molecule has 1 aromatic heterocycles. The lowest BCUT2D eigenvalue weighted by atomic mass is 10.1. The van der Waals surface area contributed by atoms with Gasteiger partial charge in [-0.25, -0.2) is 0 Å². The molecular weight excluding hydrogens is 302 g/mol. The van der Waals surface area contributed by atoms with Gasteiger partial charge in [0.25, 0.3) is 0 Å². The van der Waals surface area contributed by atoms with Crippen LogP contribution in [0.3, 0.4) is 0 Å². The summed E-state index contributed by atoms with van der Waals surface area (Å²) in [4.78, 5) is 4.47. The molecule has 0 atom stereocenters. The average Bonchev–Trinajstić information content (AvgIpc) is 2.41. The topological polar surface area (TPSA) is 50.9 Å². The number of hydrogen-bond donors (Lipinski definition) is 2. The Balaban J connectivity index is 2.13. The van der Waals surface area contributed by atoms with Crippen LogP contribution in [0.25, 0.3) is 10.9 Å². The summed E-state index contributed by atoms with van der Waals surface area (Å²) >= 11 is 3.43. The van der Waals surface area contributed by atoms with Crippen LogP contribution in [0, 0.1) is 0 Å². The molecule has 1 heterocycles. The van der Waals surface area contributed by atoms with Crippen molar-refractivity contribution in [2.75, 3.05) is 17.6 Å². The molecule has 2 rings (SSSR count). The molecule has 0 saturated carbocycles. The van der Waals surface area contributed by atoms with Crippen LogP contribution >= 0.6 is 15.9 Å². The minimum atomic E-state index is 0.764. The number of aromatic nitrogens is 1. The van der Waals surface area contributed by atoms with E-state index in [2.05, 4.69) is 33.2 Å². The molecule has 1 aromatic carbocycles. The molecule has 2 aromatic rings. The van der Waals surface area contributed by atoms with Crippen LogP contribution in [-0.4, -0.2) is 11.5 Å². The van der Waals surface area contributed by atoms with Crippen molar-refractivity contribution in [3.05, 3.63) is 28.9 Å². The highest BCUT2D eigenvalue weighted by atomic mass is 79.9. The van der Waals surface area contributed by atoms with E-state index in [-0.39, 0.29) is 0 Å². The van der Waals surface area contributed by atoms with Crippen molar-refractivity contribution in [1.82, 2.24) is 4.98 Å². The number of nitrogens with one attached hydrogen (secondary N) is 1. The van der Waals surface area contributed by atoms with Crippen LogP contribution in [0.5, 0.6) is 0 Å². The van der Waals surface area contributed by atoms with E-state index in [0.717, 1.165) is 33.3 Å². The van der Waals surface area contributed by atoms with Gasteiger partial charge < -0.3 is 11.1 Å². The molecule has 0 unspecified atom stereocenters. The van der Waals surface area contributed by atoms with Gasteiger partial charge in [-0.15, -0.1) is 0 Å². The molecule has 0 aliphatic carbocycles. The first kappa shape index (κ1) is 14.1. The Labute approximate surface area is 122 Å². The molecule has 0 radical (unpaired) electrons. The van der Waals surface area contributed by atoms with Gasteiger partial charge in [-0.3, -0.25) is 4.98 Å². The van der Waals surface area contributed by atoms with Crippen LogP contribution in [0.1, 0.15) is 32.6 Å². The van der Waals surface area contributed by atoms with Gasteiger partial charge in [0.15, 0.2) is 0 Å². The number of rotatable bonds is 6. The molecule has 0 aliphatic rings. The summed E-state index contributed by atoms with van der Waals surface area (Å²) in [6.07, 6.45) is 6.84. The first-order chi connectivity index (χ1) is 9.22. The van der Waals surface area contributed by atoms with E-state index < -0.39 is 0 Å². The molecule has 0 spiro atoms. The van der Waals surface area contributed by atoms with Crippen LogP contribution in [0.4, 0.5) is 11.4 Å². The van der Waals surface area contributed by atoms with Gasteiger partial charge in [0.1, 0.15) is 0 Å². The van der Waals surface area contributed by atoms with E-state index in [1.54, 1.807) is 0 Å². The van der Waals surface area contributed by atoms with Gasteiger partial charge in [-0.2, -0.15) is 0 Å². The third-order valence-corrected chi connectivity index (χ3v) is 3.63. The fourth-order valence-corrected chi connectivity index (χ4v) is 2.46. The lowest BCUT2D eigenvalue weighted by molar-refractivity contribution is 0.685.